The molecule has 5 heteroatoms. The van der Waals surface area contributed by atoms with E-state index >= 15 is 0 Å². The minimum absolute atomic E-state index is 0.112. The van der Waals surface area contributed by atoms with E-state index in [1.807, 2.05) is 13.8 Å². The van der Waals surface area contributed by atoms with Crippen LogP contribution in [0.3, 0.4) is 0 Å². The van der Waals surface area contributed by atoms with E-state index in [0.29, 0.717) is 13.0 Å². The zero-order valence-electron chi connectivity index (χ0n) is 10.5. The number of fused-ring (bicyclic) bond motifs is 1. The molecule has 0 aromatic heterocycles. The molecular weight excluding hydrogens is 224 g/mol. The van der Waals surface area contributed by atoms with E-state index in [0.717, 1.165) is 0 Å². The molecule has 5 nitrogen and oxygen atoms in total. The number of rotatable bonds is 3. The summed E-state index contributed by atoms with van der Waals surface area (Å²) in [5.41, 5.74) is 0. The van der Waals surface area contributed by atoms with Crippen LogP contribution in [0.25, 0.3) is 0 Å². The number of ether oxygens (including phenoxy) is 3. The number of esters is 1. The van der Waals surface area contributed by atoms with Gasteiger partial charge in [-0.05, 0) is 20.8 Å². The molecule has 1 aliphatic carbocycles. The molecule has 0 spiro atoms. The van der Waals surface area contributed by atoms with Gasteiger partial charge in [-0.15, -0.1) is 0 Å². The highest BCUT2D eigenvalue weighted by molar-refractivity contribution is 5.69. The first-order valence-corrected chi connectivity index (χ1v) is 6.12. The first kappa shape index (κ1) is 12.8. The van der Waals surface area contributed by atoms with Crippen LogP contribution in [0.5, 0.6) is 0 Å². The summed E-state index contributed by atoms with van der Waals surface area (Å²) in [7, 11) is 0. The molecule has 0 bridgehead atoms. The van der Waals surface area contributed by atoms with Crippen molar-refractivity contribution < 1.29 is 24.1 Å². The molecule has 2 aliphatic rings. The molecule has 2 fully saturated rings. The van der Waals surface area contributed by atoms with Crippen molar-refractivity contribution in [1.82, 2.24) is 0 Å². The summed E-state index contributed by atoms with van der Waals surface area (Å²) in [6.45, 7) is 5.82. The number of carbonyl (C=O) groups excluding carboxylic acids is 1. The molecule has 0 radical (unpaired) electrons. The van der Waals surface area contributed by atoms with Gasteiger partial charge >= 0.3 is 5.97 Å². The monoisotopic (exact) mass is 244 g/mol. The van der Waals surface area contributed by atoms with Crippen LogP contribution in [-0.4, -0.2) is 41.8 Å². The lowest BCUT2D eigenvalue weighted by molar-refractivity contribution is -0.168. The van der Waals surface area contributed by atoms with Gasteiger partial charge in [-0.3, -0.25) is 4.79 Å². The van der Waals surface area contributed by atoms with Crippen LogP contribution in [-0.2, 0) is 19.0 Å². The van der Waals surface area contributed by atoms with Gasteiger partial charge in [0.1, 0.15) is 0 Å². The summed E-state index contributed by atoms with van der Waals surface area (Å²) < 4.78 is 16.3. The fourth-order valence-electron chi connectivity index (χ4n) is 2.70. The molecule has 0 aromatic rings. The Labute approximate surface area is 101 Å². The Kier molecular flexibility index (Phi) is 3.43. The minimum atomic E-state index is -0.623. The predicted molar refractivity (Wildman–Crippen MR) is 59.2 cm³/mol. The molecule has 1 heterocycles. The van der Waals surface area contributed by atoms with Gasteiger partial charge in [0.25, 0.3) is 0 Å². The zero-order valence-corrected chi connectivity index (χ0v) is 10.5. The molecule has 0 amide bonds. The quantitative estimate of drug-likeness (QED) is 0.745. The molecule has 98 valence electrons. The second kappa shape index (κ2) is 4.55. The van der Waals surface area contributed by atoms with E-state index in [2.05, 4.69) is 0 Å². The number of aliphatic hydroxyl groups excluding tert-OH is 1. The Morgan fingerprint density at radius 2 is 2.18 bits per heavy atom. The van der Waals surface area contributed by atoms with Gasteiger partial charge in [0.15, 0.2) is 5.79 Å². The third kappa shape index (κ3) is 2.61. The molecule has 1 saturated carbocycles. The summed E-state index contributed by atoms with van der Waals surface area (Å²) in [6.07, 6.45) is -0.150. The average molecular weight is 244 g/mol. The second-order valence-corrected chi connectivity index (χ2v) is 5.11. The van der Waals surface area contributed by atoms with Crippen LogP contribution in [0.15, 0.2) is 0 Å². The Morgan fingerprint density at radius 3 is 2.82 bits per heavy atom. The summed E-state index contributed by atoms with van der Waals surface area (Å²) in [5.74, 6) is -1.13. The highest BCUT2D eigenvalue weighted by atomic mass is 16.8. The van der Waals surface area contributed by atoms with Crippen LogP contribution in [0.1, 0.15) is 33.6 Å². The van der Waals surface area contributed by atoms with Gasteiger partial charge < -0.3 is 19.3 Å². The van der Waals surface area contributed by atoms with Gasteiger partial charge in [0.05, 0.1) is 31.3 Å². The topological polar surface area (TPSA) is 65.0 Å². The Balaban J connectivity index is 1.99. The number of aliphatic hydroxyl groups is 1. The summed E-state index contributed by atoms with van der Waals surface area (Å²) in [4.78, 5) is 11.5. The standard InChI is InChI=1S/C12H20O5/c1-4-15-10(14)5-7-8(13)6-9-11(7)17-12(2,3)16-9/h7-9,11,13H,4-6H2,1-3H3/t7-,8+,9+,11-/m0/s1. The summed E-state index contributed by atoms with van der Waals surface area (Å²) in [5, 5.41) is 9.91. The minimum Gasteiger partial charge on any atom is -0.466 e. The number of carbonyl (C=O) groups is 1. The molecule has 0 unspecified atom stereocenters. The van der Waals surface area contributed by atoms with Crippen molar-refractivity contribution in [2.24, 2.45) is 5.92 Å². The van der Waals surface area contributed by atoms with Crippen molar-refractivity contribution in [1.29, 1.82) is 0 Å². The van der Waals surface area contributed by atoms with Crippen LogP contribution >= 0.6 is 0 Å². The van der Waals surface area contributed by atoms with Gasteiger partial charge in [-0.1, -0.05) is 0 Å². The first-order valence-electron chi connectivity index (χ1n) is 6.12. The SMILES string of the molecule is CCOC(=O)C[C@@H]1[C@@H]2OC(C)(C)O[C@@H]2C[C@H]1O. The molecule has 1 aliphatic heterocycles. The molecule has 17 heavy (non-hydrogen) atoms. The van der Waals surface area contributed by atoms with Gasteiger partial charge in [0, 0.05) is 12.3 Å². The average Bonchev–Trinajstić information content (AvgIpc) is 2.62. The highest BCUT2D eigenvalue weighted by Gasteiger charge is 2.53. The normalized spacial score (nSPS) is 39.1. The lowest BCUT2D eigenvalue weighted by atomic mass is 9.99. The van der Waals surface area contributed by atoms with E-state index in [1.165, 1.54) is 0 Å². The number of hydrogen-bond donors (Lipinski definition) is 1. The Hall–Kier alpha value is -0.650. The molecule has 1 saturated heterocycles. The van der Waals surface area contributed by atoms with E-state index < -0.39 is 11.9 Å². The van der Waals surface area contributed by atoms with E-state index in [9.17, 15) is 9.90 Å². The van der Waals surface area contributed by atoms with Crippen molar-refractivity contribution in [2.45, 2.75) is 57.7 Å². The smallest absolute Gasteiger partial charge is 0.306 e. The molecule has 0 aromatic carbocycles. The Bertz CT molecular complexity index is 301. The molecular formula is C12H20O5. The maximum Gasteiger partial charge on any atom is 0.306 e. The van der Waals surface area contributed by atoms with Crippen molar-refractivity contribution in [3.63, 3.8) is 0 Å². The molecule has 1 N–H and O–H groups in total. The van der Waals surface area contributed by atoms with Crippen molar-refractivity contribution in [2.75, 3.05) is 6.61 Å². The van der Waals surface area contributed by atoms with Gasteiger partial charge in [-0.2, -0.15) is 0 Å². The summed E-state index contributed by atoms with van der Waals surface area (Å²) >= 11 is 0. The van der Waals surface area contributed by atoms with E-state index in [-0.39, 0.29) is 30.5 Å². The maximum atomic E-state index is 11.5. The highest BCUT2D eigenvalue weighted by Crippen LogP contribution is 2.42. The van der Waals surface area contributed by atoms with E-state index in [1.54, 1.807) is 6.92 Å². The lowest BCUT2D eigenvalue weighted by Gasteiger charge is -2.23. The lowest BCUT2D eigenvalue weighted by Crippen LogP contribution is -2.31. The second-order valence-electron chi connectivity index (χ2n) is 5.11. The van der Waals surface area contributed by atoms with Gasteiger partial charge in [-0.25, -0.2) is 0 Å². The maximum absolute atomic E-state index is 11.5. The first-order chi connectivity index (χ1) is 7.93. The summed E-state index contributed by atoms with van der Waals surface area (Å²) in [6, 6.07) is 0. The van der Waals surface area contributed by atoms with Crippen LogP contribution in [0, 0.1) is 5.92 Å². The predicted octanol–water partition coefficient (Wildman–Crippen LogP) is 0.840. The molecule has 2 rings (SSSR count). The third-order valence-electron chi connectivity index (χ3n) is 3.32. The van der Waals surface area contributed by atoms with Crippen LogP contribution in [0.2, 0.25) is 0 Å². The van der Waals surface area contributed by atoms with Gasteiger partial charge in [0.2, 0.25) is 0 Å². The fourth-order valence-corrected chi connectivity index (χ4v) is 2.70. The number of hydrogen-bond acceptors (Lipinski definition) is 5. The van der Waals surface area contributed by atoms with Crippen molar-refractivity contribution >= 4 is 5.97 Å². The largest absolute Gasteiger partial charge is 0.466 e. The third-order valence-corrected chi connectivity index (χ3v) is 3.32. The van der Waals surface area contributed by atoms with Crippen LogP contribution < -0.4 is 0 Å². The fraction of sp³-hybridized carbons (Fsp3) is 0.917. The molecule has 4 atom stereocenters. The Morgan fingerprint density at radius 1 is 1.47 bits per heavy atom. The van der Waals surface area contributed by atoms with Crippen molar-refractivity contribution in [3.05, 3.63) is 0 Å². The zero-order chi connectivity index (χ0) is 12.6. The van der Waals surface area contributed by atoms with Crippen LogP contribution in [0.4, 0.5) is 0 Å². The van der Waals surface area contributed by atoms with E-state index in [4.69, 9.17) is 14.2 Å². The van der Waals surface area contributed by atoms with Crippen molar-refractivity contribution in [3.8, 4) is 0 Å².